The van der Waals surface area contributed by atoms with Crippen LogP contribution in [0, 0.1) is 0 Å². The van der Waals surface area contributed by atoms with E-state index in [1.54, 1.807) is 6.20 Å². The third-order valence-electron chi connectivity index (χ3n) is 8.70. The maximum absolute atomic E-state index is 14.0. The molecule has 7 heteroatoms. The van der Waals surface area contributed by atoms with E-state index in [1.165, 1.54) is 16.7 Å². The number of carbonyl (C=O) groups excluding carboxylic acids is 1. The molecule has 1 aromatic heterocycles. The minimum absolute atomic E-state index is 0.0617. The van der Waals surface area contributed by atoms with E-state index in [-0.39, 0.29) is 17.5 Å². The molecule has 0 radical (unpaired) electrons. The van der Waals surface area contributed by atoms with Gasteiger partial charge in [-0.2, -0.15) is 0 Å². The van der Waals surface area contributed by atoms with Crippen molar-refractivity contribution in [3.63, 3.8) is 0 Å². The summed E-state index contributed by atoms with van der Waals surface area (Å²) in [4.78, 5) is 23.3. The van der Waals surface area contributed by atoms with Gasteiger partial charge in [0.05, 0.1) is 23.9 Å². The molecule has 0 spiro atoms. The number of nitrogens with zero attached hydrogens (tertiary/aromatic N) is 3. The number of benzene rings is 2. The molecule has 0 bridgehead atoms. The van der Waals surface area contributed by atoms with Gasteiger partial charge in [-0.1, -0.05) is 60.7 Å². The number of aromatic nitrogens is 1. The molecule has 2 aliphatic rings. The number of rotatable bonds is 12. The van der Waals surface area contributed by atoms with Gasteiger partial charge in [-0.3, -0.25) is 19.6 Å². The second kappa shape index (κ2) is 14.0. The molecule has 1 N–H and O–H groups in total. The van der Waals surface area contributed by atoms with Crippen LogP contribution in [-0.4, -0.2) is 78.1 Å². The van der Waals surface area contributed by atoms with Crippen LogP contribution in [0.3, 0.4) is 0 Å². The number of piperazine rings is 1. The van der Waals surface area contributed by atoms with E-state index in [4.69, 9.17) is 9.47 Å². The highest BCUT2D eigenvalue weighted by atomic mass is 16.5. The van der Waals surface area contributed by atoms with E-state index in [0.717, 1.165) is 45.7 Å². The lowest BCUT2D eigenvalue weighted by Crippen LogP contribution is -2.65. The summed E-state index contributed by atoms with van der Waals surface area (Å²) >= 11 is 0. The predicted molar refractivity (Wildman–Crippen MR) is 166 cm³/mol. The zero-order valence-corrected chi connectivity index (χ0v) is 25.4. The van der Waals surface area contributed by atoms with Crippen LogP contribution in [0.4, 0.5) is 0 Å². The number of hydrogen-bond acceptors (Lipinski definition) is 7. The van der Waals surface area contributed by atoms with Crippen molar-refractivity contribution in [2.24, 2.45) is 0 Å². The van der Waals surface area contributed by atoms with Crippen molar-refractivity contribution in [2.45, 2.75) is 63.5 Å². The quantitative estimate of drug-likeness (QED) is 0.297. The van der Waals surface area contributed by atoms with Crippen LogP contribution in [0.25, 0.3) is 0 Å². The Kier molecular flexibility index (Phi) is 10.2. The highest BCUT2D eigenvalue weighted by Gasteiger charge is 2.51. The molecule has 0 amide bonds. The first-order valence-electron chi connectivity index (χ1n) is 15.3. The summed E-state index contributed by atoms with van der Waals surface area (Å²) in [6.07, 6.45) is 4.08. The van der Waals surface area contributed by atoms with Crippen molar-refractivity contribution < 1.29 is 14.3 Å². The molecule has 2 saturated heterocycles. The Morgan fingerprint density at radius 3 is 2.48 bits per heavy atom. The summed E-state index contributed by atoms with van der Waals surface area (Å²) in [7, 11) is 1.98. The molecule has 5 rings (SSSR count). The summed E-state index contributed by atoms with van der Waals surface area (Å²) in [6, 6.07) is 24.9. The number of nitrogens with one attached hydrogen (secondary N) is 1. The van der Waals surface area contributed by atoms with Crippen molar-refractivity contribution in [1.29, 1.82) is 0 Å². The fourth-order valence-corrected chi connectivity index (χ4v) is 6.58. The fraction of sp³-hybridized carbons (Fsp3) is 0.486. The first-order valence-corrected chi connectivity index (χ1v) is 15.3. The SMILES string of the molecule is CNCC[C@@H](OCc1cccc(CN2CCN([C@@]3(C(=O)c4ccccn4)CCOC(C)(C)C3)CC2)c1)c1ccccc1. The maximum atomic E-state index is 14.0. The Morgan fingerprint density at radius 1 is 1.00 bits per heavy atom. The van der Waals surface area contributed by atoms with Crippen molar-refractivity contribution in [2.75, 3.05) is 46.4 Å². The smallest absolute Gasteiger partial charge is 0.201 e. The van der Waals surface area contributed by atoms with E-state index in [9.17, 15) is 4.79 Å². The minimum atomic E-state index is -0.581. The van der Waals surface area contributed by atoms with Gasteiger partial charge in [-0.05, 0) is 69.1 Å². The summed E-state index contributed by atoms with van der Waals surface area (Å²) in [5.41, 5.74) is 3.33. The summed E-state index contributed by atoms with van der Waals surface area (Å²) < 4.78 is 12.5. The number of Topliss-reactive ketones (excluding diaryl/α,β-unsaturated/α-hetero) is 1. The first kappa shape index (κ1) is 30.5. The van der Waals surface area contributed by atoms with E-state index >= 15 is 0 Å². The molecule has 2 fully saturated rings. The van der Waals surface area contributed by atoms with E-state index in [2.05, 4.69) is 82.5 Å². The van der Waals surface area contributed by atoms with E-state index < -0.39 is 5.54 Å². The molecule has 2 atom stereocenters. The largest absolute Gasteiger partial charge is 0.375 e. The number of hydrogen-bond donors (Lipinski definition) is 1. The van der Waals surface area contributed by atoms with Crippen molar-refractivity contribution >= 4 is 5.78 Å². The topological polar surface area (TPSA) is 66.9 Å². The third-order valence-corrected chi connectivity index (χ3v) is 8.70. The standard InChI is InChI=1S/C35H46N4O3/c1-34(2)27-35(16-23-42-34,33(40)31-14-7-8-17-37-31)39-21-19-38(20-22-39)25-28-10-9-11-29(24-28)26-41-32(15-18-36-3)30-12-5-4-6-13-30/h4-14,17,24,32,36H,15-16,18-23,25-27H2,1-3H3/t32-,35+/m1/s1. The molecule has 0 unspecified atom stereocenters. The van der Waals surface area contributed by atoms with Gasteiger partial charge in [0.15, 0.2) is 0 Å². The molecule has 0 saturated carbocycles. The molecule has 2 aliphatic heterocycles. The zero-order valence-electron chi connectivity index (χ0n) is 25.4. The van der Waals surface area contributed by atoms with Gasteiger partial charge in [-0.25, -0.2) is 0 Å². The molecule has 224 valence electrons. The van der Waals surface area contributed by atoms with E-state index in [0.29, 0.717) is 31.7 Å². The third kappa shape index (κ3) is 7.52. The monoisotopic (exact) mass is 570 g/mol. The molecular weight excluding hydrogens is 524 g/mol. The van der Waals surface area contributed by atoms with Crippen LogP contribution < -0.4 is 5.32 Å². The van der Waals surface area contributed by atoms with Crippen LogP contribution in [0.1, 0.15) is 66.4 Å². The maximum Gasteiger partial charge on any atom is 0.201 e. The molecule has 3 aromatic rings. The number of pyridine rings is 1. The van der Waals surface area contributed by atoms with Crippen LogP contribution in [0.2, 0.25) is 0 Å². The Labute approximate surface area is 251 Å². The molecule has 42 heavy (non-hydrogen) atoms. The molecule has 3 heterocycles. The van der Waals surface area contributed by atoms with Gasteiger partial charge < -0.3 is 14.8 Å². The lowest BCUT2D eigenvalue weighted by Gasteiger charge is -2.52. The van der Waals surface area contributed by atoms with Crippen LogP contribution in [0.5, 0.6) is 0 Å². The van der Waals surface area contributed by atoms with E-state index in [1.807, 2.05) is 31.3 Å². The van der Waals surface area contributed by atoms with Gasteiger partial charge in [0, 0.05) is 51.9 Å². The molecule has 2 aromatic carbocycles. The van der Waals surface area contributed by atoms with Crippen molar-refractivity contribution in [3.8, 4) is 0 Å². The molecular formula is C35H46N4O3. The van der Waals surface area contributed by atoms with Gasteiger partial charge in [0.25, 0.3) is 0 Å². The fourth-order valence-electron chi connectivity index (χ4n) is 6.58. The second-order valence-corrected chi connectivity index (χ2v) is 12.3. The Balaban J connectivity index is 1.21. The summed E-state index contributed by atoms with van der Waals surface area (Å²) in [5.74, 6) is 0.129. The zero-order chi connectivity index (χ0) is 29.4. The van der Waals surface area contributed by atoms with Crippen LogP contribution in [-0.2, 0) is 22.6 Å². The predicted octanol–water partition coefficient (Wildman–Crippen LogP) is 5.28. The Hall–Kier alpha value is -2.94. The van der Waals surface area contributed by atoms with Gasteiger partial charge in [-0.15, -0.1) is 0 Å². The molecule has 7 nitrogen and oxygen atoms in total. The van der Waals surface area contributed by atoms with Crippen molar-refractivity contribution in [1.82, 2.24) is 20.1 Å². The van der Waals surface area contributed by atoms with Crippen LogP contribution >= 0.6 is 0 Å². The average molecular weight is 571 g/mol. The van der Waals surface area contributed by atoms with Gasteiger partial charge in [0.2, 0.25) is 5.78 Å². The Bertz CT molecular complexity index is 1280. The number of ketones is 1. The normalized spacial score (nSPS) is 22.1. The summed E-state index contributed by atoms with van der Waals surface area (Å²) in [6.45, 7) is 10.7. The Morgan fingerprint density at radius 2 is 1.76 bits per heavy atom. The minimum Gasteiger partial charge on any atom is -0.375 e. The number of ether oxygens (including phenoxy) is 2. The lowest BCUT2D eigenvalue weighted by atomic mass is 9.75. The van der Waals surface area contributed by atoms with Crippen molar-refractivity contribution in [3.05, 3.63) is 101 Å². The van der Waals surface area contributed by atoms with Gasteiger partial charge >= 0.3 is 0 Å². The van der Waals surface area contributed by atoms with Crippen LogP contribution in [0.15, 0.2) is 79.0 Å². The highest BCUT2D eigenvalue weighted by Crippen LogP contribution is 2.39. The van der Waals surface area contributed by atoms with Gasteiger partial charge in [0.1, 0.15) is 5.69 Å². The lowest BCUT2D eigenvalue weighted by molar-refractivity contribution is -0.113. The second-order valence-electron chi connectivity index (χ2n) is 12.3. The first-order chi connectivity index (χ1) is 20.4. The highest BCUT2D eigenvalue weighted by molar-refractivity contribution is 6.02. The average Bonchev–Trinajstić information content (AvgIpc) is 3.01. The number of carbonyl (C=O) groups is 1. The summed E-state index contributed by atoms with van der Waals surface area (Å²) in [5, 5.41) is 3.25. The molecule has 0 aliphatic carbocycles.